The monoisotopic (exact) mass is 336 g/mol. The molecule has 0 heterocycles. The number of hydrogen-bond donors (Lipinski definition) is 0. The molecular weight excluding hydrogens is 312 g/mol. The van der Waals surface area contributed by atoms with Crippen LogP contribution < -0.4 is 0 Å². The number of carbonyl (C=O) groups excluding carboxylic acids is 1. The van der Waals surface area contributed by atoms with Gasteiger partial charge in [-0.25, -0.2) is 8.42 Å². The molecule has 1 aliphatic rings. The summed E-state index contributed by atoms with van der Waals surface area (Å²) in [6, 6.07) is 6.50. The smallest absolute Gasteiger partial charge is 0.310 e. The van der Waals surface area contributed by atoms with Gasteiger partial charge >= 0.3 is 5.97 Å². The minimum atomic E-state index is -3.26. The van der Waals surface area contributed by atoms with Gasteiger partial charge in [-0.2, -0.15) is 0 Å². The first kappa shape index (κ1) is 17.7. The number of hydrogen-bond acceptors (Lipinski definition) is 4. The zero-order chi connectivity index (χ0) is 17.4. The molecule has 1 aromatic carbocycles. The molecule has 1 aromatic rings. The molecular formula is C18H24O4S. The molecule has 0 radical (unpaired) electrons. The van der Waals surface area contributed by atoms with Crippen molar-refractivity contribution in [2.45, 2.75) is 39.2 Å². The van der Waals surface area contributed by atoms with E-state index in [-0.39, 0.29) is 34.7 Å². The Bertz CT molecular complexity index is 740. The molecule has 0 aliphatic heterocycles. The molecule has 1 aliphatic carbocycles. The van der Waals surface area contributed by atoms with E-state index in [9.17, 15) is 13.2 Å². The second kappa shape index (κ2) is 6.11. The fraction of sp³-hybridized carbons (Fsp3) is 0.500. The van der Waals surface area contributed by atoms with Crippen molar-refractivity contribution in [1.29, 1.82) is 0 Å². The Hall–Kier alpha value is -1.62. The summed E-state index contributed by atoms with van der Waals surface area (Å²) in [5.74, 6) is -0.139. The predicted octanol–water partition coefficient (Wildman–Crippen LogP) is 3.37. The van der Waals surface area contributed by atoms with Crippen molar-refractivity contribution in [3.05, 3.63) is 41.5 Å². The Labute approximate surface area is 138 Å². The lowest BCUT2D eigenvalue weighted by Crippen LogP contribution is -2.11. The van der Waals surface area contributed by atoms with Crippen LogP contribution in [0.1, 0.15) is 33.3 Å². The number of sulfone groups is 1. The van der Waals surface area contributed by atoms with Gasteiger partial charge in [0, 0.05) is 6.26 Å². The van der Waals surface area contributed by atoms with Crippen LogP contribution in [-0.4, -0.2) is 20.6 Å². The van der Waals surface area contributed by atoms with Gasteiger partial charge in [-0.3, -0.25) is 4.79 Å². The van der Waals surface area contributed by atoms with Crippen molar-refractivity contribution in [1.82, 2.24) is 0 Å². The first-order valence-corrected chi connectivity index (χ1v) is 9.53. The average Bonchev–Trinajstić information content (AvgIpc) is 2.96. The van der Waals surface area contributed by atoms with Crippen molar-refractivity contribution in [3.8, 4) is 0 Å². The van der Waals surface area contributed by atoms with E-state index in [1.54, 1.807) is 18.2 Å². The minimum Gasteiger partial charge on any atom is -0.461 e. The number of rotatable bonds is 5. The minimum absolute atomic E-state index is 0.0804. The molecule has 5 heteroatoms. The van der Waals surface area contributed by atoms with Crippen LogP contribution >= 0.6 is 0 Å². The maximum absolute atomic E-state index is 12.3. The topological polar surface area (TPSA) is 60.4 Å². The summed E-state index contributed by atoms with van der Waals surface area (Å²) in [5, 5.41) is 0. The van der Waals surface area contributed by atoms with Gasteiger partial charge in [-0.1, -0.05) is 37.6 Å². The van der Waals surface area contributed by atoms with Crippen molar-refractivity contribution >= 4 is 15.8 Å². The Morgan fingerprint density at radius 3 is 2.52 bits per heavy atom. The van der Waals surface area contributed by atoms with Gasteiger partial charge in [0.05, 0.1) is 10.8 Å². The predicted molar refractivity (Wildman–Crippen MR) is 89.5 cm³/mol. The molecule has 0 bridgehead atoms. The van der Waals surface area contributed by atoms with Crippen LogP contribution in [0.2, 0.25) is 0 Å². The van der Waals surface area contributed by atoms with Crippen LogP contribution in [0.5, 0.6) is 0 Å². The van der Waals surface area contributed by atoms with Crippen LogP contribution in [-0.2, 0) is 26.0 Å². The Morgan fingerprint density at radius 1 is 1.30 bits per heavy atom. The normalized spacial score (nSPS) is 22.3. The molecule has 23 heavy (non-hydrogen) atoms. The molecule has 126 valence electrons. The zero-order valence-electron chi connectivity index (χ0n) is 14.3. The molecule has 2 atom stereocenters. The third-order valence-electron chi connectivity index (χ3n) is 4.39. The highest BCUT2D eigenvalue weighted by Gasteiger charge is 2.61. The van der Waals surface area contributed by atoms with Gasteiger partial charge in [0.2, 0.25) is 0 Å². The molecule has 0 aromatic heterocycles. The SMILES string of the molecule is CC(C)=CC1[C@@H](C(=O)OCc2cccc(S(C)(=O)=O)c2)C1(C)C. The quantitative estimate of drug-likeness (QED) is 0.611. The van der Waals surface area contributed by atoms with E-state index in [4.69, 9.17) is 4.74 Å². The molecule has 2 rings (SSSR count). The highest BCUT2D eigenvalue weighted by molar-refractivity contribution is 7.90. The summed E-state index contributed by atoms with van der Waals surface area (Å²) < 4.78 is 28.5. The van der Waals surface area contributed by atoms with E-state index in [0.29, 0.717) is 5.56 Å². The maximum Gasteiger partial charge on any atom is 0.310 e. The summed E-state index contributed by atoms with van der Waals surface area (Å²) in [6.07, 6.45) is 3.28. The molecule has 0 amide bonds. The lowest BCUT2D eigenvalue weighted by Gasteiger charge is -2.07. The van der Waals surface area contributed by atoms with Crippen LogP contribution in [0.15, 0.2) is 40.8 Å². The third kappa shape index (κ3) is 4.02. The fourth-order valence-corrected chi connectivity index (χ4v) is 3.60. The summed E-state index contributed by atoms with van der Waals surface area (Å²) in [7, 11) is -3.26. The second-order valence-electron chi connectivity index (χ2n) is 7.10. The third-order valence-corrected chi connectivity index (χ3v) is 5.50. The highest BCUT2D eigenvalue weighted by atomic mass is 32.2. The molecule has 1 unspecified atom stereocenters. The summed E-state index contributed by atoms with van der Waals surface area (Å²) in [5.41, 5.74) is 1.79. The van der Waals surface area contributed by atoms with Gasteiger partial charge in [-0.05, 0) is 42.9 Å². The van der Waals surface area contributed by atoms with E-state index in [0.717, 1.165) is 6.26 Å². The lowest BCUT2D eigenvalue weighted by atomic mass is 10.1. The highest BCUT2D eigenvalue weighted by Crippen LogP contribution is 2.59. The second-order valence-corrected chi connectivity index (χ2v) is 9.11. The van der Waals surface area contributed by atoms with Crippen LogP contribution in [0.3, 0.4) is 0 Å². The fourth-order valence-electron chi connectivity index (χ4n) is 2.91. The average molecular weight is 336 g/mol. The van der Waals surface area contributed by atoms with Crippen molar-refractivity contribution in [3.63, 3.8) is 0 Å². The first-order chi connectivity index (χ1) is 10.5. The molecule has 0 spiro atoms. The Balaban J connectivity index is 2.02. The van der Waals surface area contributed by atoms with Crippen LogP contribution in [0.4, 0.5) is 0 Å². The standard InChI is InChI=1S/C18H24O4S/c1-12(2)9-15-16(18(15,3)4)17(19)22-11-13-7-6-8-14(10-13)23(5,20)21/h6-10,15-16H,11H2,1-5H3/t15?,16-/m0/s1. The summed E-state index contributed by atoms with van der Waals surface area (Å²) >= 11 is 0. The van der Waals surface area contributed by atoms with E-state index < -0.39 is 9.84 Å². The molecule has 0 N–H and O–H groups in total. The van der Waals surface area contributed by atoms with Crippen molar-refractivity contribution in [2.24, 2.45) is 17.3 Å². The number of carbonyl (C=O) groups is 1. The Kier molecular flexibility index (Phi) is 4.71. The zero-order valence-corrected chi connectivity index (χ0v) is 15.1. The van der Waals surface area contributed by atoms with Crippen LogP contribution in [0, 0.1) is 17.3 Å². The van der Waals surface area contributed by atoms with E-state index in [1.807, 2.05) is 13.8 Å². The number of benzene rings is 1. The van der Waals surface area contributed by atoms with E-state index in [1.165, 1.54) is 11.6 Å². The van der Waals surface area contributed by atoms with Crippen LogP contribution in [0.25, 0.3) is 0 Å². The first-order valence-electron chi connectivity index (χ1n) is 7.64. The summed E-state index contributed by atoms with van der Waals surface area (Å²) in [6.45, 7) is 8.26. The van der Waals surface area contributed by atoms with Gasteiger partial charge in [0.25, 0.3) is 0 Å². The van der Waals surface area contributed by atoms with Gasteiger partial charge in [0.15, 0.2) is 9.84 Å². The maximum atomic E-state index is 12.3. The number of allylic oxidation sites excluding steroid dienone is 2. The molecule has 4 nitrogen and oxygen atoms in total. The largest absolute Gasteiger partial charge is 0.461 e. The van der Waals surface area contributed by atoms with Gasteiger partial charge < -0.3 is 4.74 Å². The number of ether oxygens (including phenoxy) is 1. The molecule has 1 fully saturated rings. The molecule has 1 saturated carbocycles. The summed E-state index contributed by atoms with van der Waals surface area (Å²) in [4.78, 5) is 12.5. The van der Waals surface area contributed by atoms with Gasteiger partial charge in [0.1, 0.15) is 6.61 Å². The Morgan fingerprint density at radius 2 is 1.96 bits per heavy atom. The van der Waals surface area contributed by atoms with Crippen molar-refractivity contribution in [2.75, 3.05) is 6.26 Å². The van der Waals surface area contributed by atoms with Gasteiger partial charge in [-0.15, -0.1) is 0 Å². The lowest BCUT2D eigenvalue weighted by molar-refractivity contribution is -0.147. The van der Waals surface area contributed by atoms with E-state index in [2.05, 4.69) is 19.9 Å². The molecule has 0 saturated heterocycles. The van der Waals surface area contributed by atoms with Crippen molar-refractivity contribution < 1.29 is 17.9 Å². The number of esters is 1. The van der Waals surface area contributed by atoms with E-state index >= 15 is 0 Å².